The van der Waals surface area contributed by atoms with Crippen molar-refractivity contribution >= 4 is 47.1 Å². The minimum Gasteiger partial charge on any atom is -0.147 e. The van der Waals surface area contributed by atoms with Crippen LogP contribution >= 0.6 is 24.8 Å². The standard InChI is InChI=1S/2C14H17.C6H5.CH3.2ClH.H2Si.Zr/c2*1-10(2)8-14-11(3)9-12-6-4-5-7-13(12)14;1-2-4-6-5-3-1;;;;;/h2*4-7,9-10H,8H2,1-3H3;1-5H;1H3;2*1H;1H2;. The van der Waals surface area contributed by atoms with Crippen LogP contribution in [0.4, 0.5) is 0 Å². The fourth-order valence-electron chi connectivity index (χ4n) is 9.02. The Labute approximate surface area is 252 Å². The minimum absolute atomic E-state index is 0. The Morgan fingerprint density at radius 3 is 1.36 bits per heavy atom. The minimum atomic E-state index is -4.33. The fourth-order valence-corrected chi connectivity index (χ4v) is 39.6. The van der Waals surface area contributed by atoms with E-state index in [-0.39, 0.29) is 31.1 Å². The van der Waals surface area contributed by atoms with Gasteiger partial charge in [0.2, 0.25) is 0 Å². The van der Waals surface area contributed by atoms with Crippen LogP contribution in [0.5, 0.6) is 0 Å². The van der Waals surface area contributed by atoms with Gasteiger partial charge in [0.05, 0.1) is 0 Å². The summed E-state index contributed by atoms with van der Waals surface area (Å²) in [4.78, 5) is 0. The molecule has 0 saturated carbocycles. The van der Waals surface area contributed by atoms with Crippen molar-refractivity contribution in [1.82, 2.24) is 0 Å². The Kier molecular flexibility index (Phi) is 9.32. The third-order valence-electron chi connectivity index (χ3n) is 10.2. The van der Waals surface area contributed by atoms with Gasteiger partial charge in [-0.25, -0.2) is 0 Å². The summed E-state index contributed by atoms with van der Waals surface area (Å²) in [5.74, 6) is 1.18. The molecule has 0 amide bonds. The van der Waals surface area contributed by atoms with Gasteiger partial charge in [-0.3, -0.25) is 0 Å². The van der Waals surface area contributed by atoms with Crippen molar-refractivity contribution in [3.05, 3.63) is 112 Å². The molecule has 2 unspecified atom stereocenters. The Morgan fingerprint density at radius 2 is 0.974 bits per heavy atom. The van der Waals surface area contributed by atoms with E-state index in [4.69, 9.17) is 0 Å². The third-order valence-corrected chi connectivity index (χ3v) is 40.1. The van der Waals surface area contributed by atoms with Crippen LogP contribution < -0.4 is 3.27 Å². The van der Waals surface area contributed by atoms with Gasteiger partial charge in [-0.1, -0.05) is 0 Å². The molecule has 208 valence electrons. The van der Waals surface area contributed by atoms with E-state index in [1.165, 1.54) is 24.0 Å². The summed E-state index contributed by atoms with van der Waals surface area (Å²) in [5, 5.41) is 0. The van der Waals surface area contributed by atoms with Crippen molar-refractivity contribution in [2.75, 3.05) is 0 Å². The molecule has 2 atom stereocenters. The number of rotatable bonds is 7. The zero-order valence-electron chi connectivity index (χ0n) is 24.8. The van der Waals surface area contributed by atoms with Gasteiger partial charge in [-0.15, -0.1) is 24.8 Å². The predicted molar refractivity (Wildman–Crippen MR) is 177 cm³/mol. The number of hydrogen-bond acceptors (Lipinski definition) is 0. The van der Waals surface area contributed by atoms with E-state index in [0.717, 1.165) is 0 Å². The summed E-state index contributed by atoms with van der Waals surface area (Å²) >= 11 is -4.33. The monoisotopic (exact) mass is 654 g/mol. The number of allylic oxidation sites excluding steroid dienone is 2. The van der Waals surface area contributed by atoms with Gasteiger partial charge in [-0.05, 0) is 0 Å². The molecule has 0 radical (unpaired) electrons. The van der Waals surface area contributed by atoms with Gasteiger partial charge in [-0.2, -0.15) is 0 Å². The van der Waals surface area contributed by atoms with Gasteiger partial charge < -0.3 is 0 Å². The smallest absolute Gasteiger partial charge is 0.147 e. The molecule has 0 N–H and O–H groups in total. The average Bonchev–Trinajstić information content (AvgIpc) is 3.31. The zero-order valence-corrected chi connectivity index (χ0v) is 30.3. The van der Waals surface area contributed by atoms with Gasteiger partial charge in [0.15, 0.2) is 0 Å². The Morgan fingerprint density at radius 1 is 0.615 bits per heavy atom. The molecule has 5 rings (SSSR count). The van der Waals surface area contributed by atoms with Crippen LogP contribution in [0.25, 0.3) is 12.2 Å². The molecule has 0 heterocycles. The fraction of sp³-hybridized carbons (Fsp3) is 0.371. The molecule has 39 heavy (non-hydrogen) atoms. The van der Waals surface area contributed by atoms with Crippen LogP contribution in [0.1, 0.15) is 76.6 Å². The number of halogens is 2. The first-order valence-corrected chi connectivity index (χ1v) is 26.2. The molecular weight excluding hydrogens is 611 g/mol. The molecule has 2 aliphatic rings. The van der Waals surface area contributed by atoms with E-state index < -0.39 is 17.4 Å². The second-order valence-corrected chi connectivity index (χ2v) is 39.2. The van der Waals surface area contributed by atoms with Crippen molar-refractivity contribution in [1.29, 1.82) is 0 Å². The first-order chi connectivity index (χ1) is 17.5. The summed E-state index contributed by atoms with van der Waals surface area (Å²) < 4.78 is 4.58. The average molecular weight is 657 g/mol. The molecule has 2 aliphatic carbocycles. The van der Waals surface area contributed by atoms with Crippen molar-refractivity contribution in [2.45, 2.75) is 65.3 Å². The topological polar surface area (TPSA) is 0 Å². The van der Waals surface area contributed by atoms with E-state index >= 15 is 0 Å². The van der Waals surface area contributed by atoms with Crippen LogP contribution in [0.15, 0.2) is 90.0 Å². The molecule has 0 saturated heterocycles. The van der Waals surface area contributed by atoms with Crippen LogP contribution in [-0.4, -0.2) is 6.88 Å². The quantitative estimate of drug-likeness (QED) is 0.223. The van der Waals surface area contributed by atoms with Gasteiger partial charge in [0, 0.05) is 0 Å². The van der Waals surface area contributed by atoms with Crippen LogP contribution in [-0.2, 0) is 23.6 Å². The van der Waals surface area contributed by atoms with Crippen LogP contribution in [0.3, 0.4) is 0 Å². The normalized spacial score (nSPS) is 22.0. The van der Waals surface area contributed by atoms with E-state index in [1.807, 2.05) is 0 Å². The molecule has 0 nitrogen and oxygen atoms in total. The zero-order chi connectivity index (χ0) is 26.7. The van der Waals surface area contributed by atoms with Gasteiger partial charge in [0.1, 0.15) is 0 Å². The summed E-state index contributed by atoms with van der Waals surface area (Å²) in [6.45, 7) is 17.2. The Balaban J connectivity index is 0.00000210. The molecule has 4 heteroatoms. The van der Waals surface area contributed by atoms with E-state index in [1.54, 1.807) is 25.5 Å². The first kappa shape index (κ1) is 32.3. The van der Waals surface area contributed by atoms with Gasteiger partial charge >= 0.3 is 229 Å². The molecule has 0 spiro atoms. The van der Waals surface area contributed by atoms with Crippen molar-refractivity contribution < 1.29 is 17.4 Å². The SMILES string of the molecule is CC1=Cc2ccccc2[C]1(CC(C)C)[Zr]([CH3])(=[SiH2])([c]1ccccc1)[C]1(CC(C)C)C(C)=Cc2ccccc21.Cl.Cl. The Bertz CT molecular complexity index is 1400. The van der Waals surface area contributed by atoms with Gasteiger partial charge in [0.25, 0.3) is 0 Å². The summed E-state index contributed by atoms with van der Waals surface area (Å²) in [5.41, 5.74) is 9.25. The molecular formula is C35H46Cl2SiZr. The second-order valence-electron chi connectivity index (χ2n) is 13.2. The molecule has 3 aromatic carbocycles. The summed E-state index contributed by atoms with van der Waals surface area (Å²) in [7, 11) is 0. The summed E-state index contributed by atoms with van der Waals surface area (Å²) in [6.07, 6.45) is 7.49. The van der Waals surface area contributed by atoms with Crippen LogP contribution in [0.2, 0.25) is 4.63 Å². The maximum absolute atomic E-state index is 4.33. The second kappa shape index (κ2) is 11.2. The number of fused-ring (bicyclic) bond motifs is 2. The predicted octanol–water partition coefficient (Wildman–Crippen LogP) is 9.16. The molecule has 0 bridgehead atoms. The van der Waals surface area contributed by atoms with E-state index in [9.17, 15) is 0 Å². The molecule has 3 aromatic rings. The van der Waals surface area contributed by atoms with Crippen LogP contribution in [0, 0.1) is 11.8 Å². The number of benzene rings is 3. The Hall–Kier alpha value is -1.18. The molecule has 0 fully saturated rings. The molecule has 0 aromatic heterocycles. The summed E-state index contributed by atoms with van der Waals surface area (Å²) in [6, 6.07) is 30.6. The van der Waals surface area contributed by atoms with E-state index in [0.29, 0.717) is 11.8 Å². The number of hydrogen-bond donors (Lipinski definition) is 0. The largest absolute Gasteiger partial charge is 0.147 e. The maximum atomic E-state index is 2.86. The van der Waals surface area contributed by atoms with Crippen molar-refractivity contribution in [3.63, 3.8) is 0 Å². The van der Waals surface area contributed by atoms with Crippen molar-refractivity contribution in [3.8, 4) is 0 Å². The maximum Gasteiger partial charge on any atom is -0.147 e. The first-order valence-electron chi connectivity index (χ1n) is 14.2. The third kappa shape index (κ3) is 4.22. The molecule has 0 aliphatic heterocycles. The van der Waals surface area contributed by atoms with E-state index in [2.05, 4.69) is 144 Å². The van der Waals surface area contributed by atoms with Crippen molar-refractivity contribution in [2.24, 2.45) is 11.8 Å².